The van der Waals surface area contributed by atoms with Crippen LogP contribution in [-0.2, 0) is 38.0 Å². The van der Waals surface area contributed by atoms with E-state index >= 15 is 0 Å². The Morgan fingerprint density at radius 2 is 1.55 bits per heavy atom. The van der Waals surface area contributed by atoms with Crippen molar-refractivity contribution in [2.24, 2.45) is 52.3 Å². The fraction of sp³-hybridized carbons (Fsp3) is 0.912. The van der Waals surface area contributed by atoms with Crippen molar-refractivity contribution < 1.29 is 38.0 Å². The van der Waals surface area contributed by atoms with Crippen LogP contribution in [0.2, 0.25) is 0 Å². The topological polar surface area (TPSA) is 81.7 Å². The van der Waals surface area contributed by atoms with E-state index in [1.54, 1.807) is 21.3 Å². The Morgan fingerprint density at radius 3 is 2.19 bits per heavy atom. The van der Waals surface area contributed by atoms with Gasteiger partial charge in [-0.15, -0.1) is 6.58 Å². The van der Waals surface area contributed by atoms with E-state index < -0.39 is 0 Å². The number of allylic oxidation sites excluding steroid dienone is 1. The van der Waals surface area contributed by atoms with E-state index in [-0.39, 0.29) is 35.1 Å². The SMILES string of the molecule is C=CC[C@@H]1[C@H]2C[C@@H](OCOC)[C@@H]3[C@H](C[C@H](OCOC)[C@]4(C)[C@@H]([C@H](C)CCC(=O)OC)CC[C@@H]34)[C@@]2(C)CC[C@H]1OCOC. The molecule has 0 radical (unpaired) electrons. The Hall–Kier alpha value is -1.03. The maximum Gasteiger partial charge on any atom is 0.305 e. The number of ether oxygens (including phenoxy) is 7. The van der Waals surface area contributed by atoms with Gasteiger partial charge in [0.25, 0.3) is 0 Å². The second kappa shape index (κ2) is 14.8. The van der Waals surface area contributed by atoms with Crippen molar-refractivity contribution in [1.82, 2.24) is 0 Å². The highest BCUT2D eigenvalue weighted by Crippen LogP contribution is 2.70. The van der Waals surface area contributed by atoms with E-state index in [4.69, 9.17) is 33.2 Å². The van der Waals surface area contributed by atoms with E-state index in [1.165, 1.54) is 7.11 Å². The average Bonchev–Trinajstić information content (AvgIpc) is 3.35. The highest BCUT2D eigenvalue weighted by molar-refractivity contribution is 5.69. The van der Waals surface area contributed by atoms with E-state index in [9.17, 15) is 4.79 Å². The standard InChI is InChI=1S/C34H58O8/c1-9-10-23-26-17-29(41-20-37-6)32-25-13-12-24(22(2)11-14-31(35)39-8)34(25,4)30(42-21-38-7)18-27(32)33(26,3)16-15-28(23)40-19-36-5/h9,22-30,32H,1,10-21H2,2-8H3/t22-,23-,24-,25+,26-,27+,28-,29-,30+,32+,33+,34-/m1/s1. The zero-order valence-corrected chi connectivity index (χ0v) is 27.3. The van der Waals surface area contributed by atoms with Gasteiger partial charge in [-0.3, -0.25) is 4.79 Å². The molecule has 0 aromatic heterocycles. The van der Waals surface area contributed by atoms with E-state index in [0.717, 1.165) is 51.4 Å². The molecule has 0 bridgehead atoms. The molecule has 242 valence electrons. The molecule has 0 heterocycles. The number of rotatable bonds is 15. The fourth-order valence-electron chi connectivity index (χ4n) is 10.6. The highest BCUT2D eigenvalue weighted by Gasteiger charge is 2.67. The summed E-state index contributed by atoms with van der Waals surface area (Å²) in [5, 5.41) is 0. The van der Waals surface area contributed by atoms with Gasteiger partial charge in [-0.1, -0.05) is 26.8 Å². The predicted molar refractivity (Wildman–Crippen MR) is 160 cm³/mol. The normalized spacial score (nSPS) is 41.8. The van der Waals surface area contributed by atoms with Crippen LogP contribution in [0.15, 0.2) is 12.7 Å². The third-order valence-electron chi connectivity index (χ3n) is 12.4. The molecule has 4 saturated carbocycles. The lowest BCUT2D eigenvalue weighted by molar-refractivity contribution is -0.258. The first-order chi connectivity index (χ1) is 20.2. The van der Waals surface area contributed by atoms with Crippen LogP contribution in [-0.4, -0.2) is 73.1 Å². The minimum Gasteiger partial charge on any atom is -0.469 e. The lowest BCUT2D eigenvalue weighted by atomic mass is 9.41. The molecule has 0 saturated heterocycles. The summed E-state index contributed by atoms with van der Waals surface area (Å²) < 4.78 is 40.9. The Morgan fingerprint density at radius 1 is 0.881 bits per heavy atom. The largest absolute Gasteiger partial charge is 0.469 e. The van der Waals surface area contributed by atoms with Crippen LogP contribution in [0, 0.1) is 52.3 Å². The Labute approximate surface area is 254 Å². The molecule has 4 rings (SSSR count). The molecule has 0 N–H and O–H groups in total. The first kappa shape index (κ1) is 33.9. The van der Waals surface area contributed by atoms with Crippen LogP contribution in [0.25, 0.3) is 0 Å². The molecule has 8 heteroatoms. The van der Waals surface area contributed by atoms with Gasteiger partial charge in [0.1, 0.15) is 20.4 Å². The van der Waals surface area contributed by atoms with Gasteiger partial charge in [0, 0.05) is 33.2 Å². The molecule has 8 nitrogen and oxygen atoms in total. The maximum absolute atomic E-state index is 12.0. The zero-order chi connectivity index (χ0) is 30.5. The molecule has 0 spiro atoms. The second-order valence-electron chi connectivity index (χ2n) is 14.0. The average molecular weight is 595 g/mol. The molecule has 0 aromatic rings. The smallest absolute Gasteiger partial charge is 0.305 e. The molecule has 0 unspecified atom stereocenters. The second-order valence-corrected chi connectivity index (χ2v) is 14.0. The first-order valence-corrected chi connectivity index (χ1v) is 16.2. The molecule has 0 amide bonds. The molecule has 0 aromatic carbocycles. The number of methoxy groups -OCH3 is 4. The van der Waals surface area contributed by atoms with Gasteiger partial charge in [0.2, 0.25) is 0 Å². The summed E-state index contributed by atoms with van der Waals surface area (Å²) in [5.41, 5.74) is 0.106. The molecular weight excluding hydrogens is 536 g/mol. The number of esters is 1. The Balaban J connectivity index is 1.71. The summed E-state index contributed by atoms with van der Waals surface area (Å²) in [6.07, 6.45) is 11.1. The lowest BCUT2D eigenvalue weighted by Gasteiger charge is -2.66. The van der Waals surface area contributed by atoms with Crippen molar-refractivity contribution in [3.63, 3.8) is 0 Å². The zero-order valence-electron chi connectivity index (χ0n) is 27.3. The number of carbonyl (C=O) groups excluding carboxylic acids is 1. The van der Waals surface area contributed by atoms with Crippen molar-refractivity contribution in [2.45, 2.75) is 96.9 Å². The van der Waals surface area contributed by atoms with Crippen LogP contribution >= 0.6 is 0 Å². The van der Waals surface area contributed by atoms with Gasteiger partial charge in [0.15, 0.2) is 0 Å². The van der Waals surface area contributed by atoms with Crippen LogP contribution in [0.3, 0.4) is 0 Å². The minimum atomic E-state index is -0.129. The fourth-order valence-corrected chi connectivity index (χ4v) is 10.6. The number of carbonyl (C=O) groups is 1. The highest BCUT2D eigenvalue weighted by atomic mass is 16.7. The predicted octanol–water partition coefficient (Wildman–Crippen LogP) is 6.22. The number of hydrogen-bond acceptors (Lipinski definition) is 8. The molecule has 4 aliphatic rings. The van der Waals surface area contributed by atoms with Crippen molar-refractivity contribution in [3.8, 4) is 0 Å². The van der Waals surface area contributed by atoms with Gasteiger partial charge in [0.05, 0.1) is 25.4 Å². The lowest BCUT2D eigenvalue weighted by Crippen LogP contribution is -2.64. The van der Waals surface area contributed by atoms with E-state index in [0.29, 0.717) is 68.2 Å². The third-order valence-corrected chi connectivity index (χ3v) is 12.4. The Bertz CT molecular complexity index is 882. The summed E-state index contributed by atoms with van der Waals surface area (Å²) in [4.78, 5) is 12.0. The van der Waals surface area contributed by atoms with Crippen LogP contribution in [0.5, 0.6) is 0 Å². The summed E-state index contributed by atoms with van der Waals surface area (Å²) >= 11 is 0. The van der Waals surface area contributed by atoms with E-state index in [1.807, 2.05) is 0 Å². The third kappa shape index (κ3) is 6.36. The maximum atomic E-state index is 12.0. The molecule has 42 heavy (non-hydrogen) atoms. The molecule has 4 fully saturated rings. The quantitative estimate of drug-likeness (QED) is 0.126. The van der Waals surface area contributed by atoms with Gasteiger partial charge < -0.3 is 33.2 Å². The van der Waals surface area contributed by atoms with Crippen molar-refractivity contribution in [2.75, 3.05) is 48.8 Å². The molecule has 12 atom stereocenters. The molecular formula is C34H58O8. The van der Waals surface area contributed by atoms with Gasteiger partial charge in [-0.05, 0) is 98.2 Å². The molecule has 0 aliphatic heterocycles. The first-order valence-electron chi connectivity index (χ1n) is 16.2. The summed E-state index contributed by atoms with van der Waals surface area (Å²) in [5.74, 6) is 2.87. The minimum absolute atomic E-state index is 0.0353. The summed E-state index contributed by atoms with van der Waals surface area (Å²) in [6, 6.07) is 0. The van der Waals surface area contributed by atoms with Gasteiger partial charge in [-0.25, -0.2) is 0 Å². The number of hydrogen-bond donors (Lipinski definition) is 0. The van der Waals surface area contributed by atoms with Crippen molar-refractivity contribution >= 4 is 5.97 Å². The van der Waals surface area contributed by atoms with Crippen molar-refractivity contribution in [3.05, 3.63) is 12.7 Å². The number of fused-ring (bicyclic) bond motifs is 5. The summed E-state index contributed by atoms with van der Waals surface area (Å²) in [6.45, 7) is 12.4. The van der Waals surface area contributed by atoms with Gasteiger partial charge >= 0.3 is 5.97 Å². The monoisotopic (exact) mass is 594 g/mol. The van der Waals surface area contributed by atoms with E-state index in [2.05, 4.69) is 33.4 Å². The van der Waals surface area contributed by atoms with Gasteiger partial charge in [-0.2, -0.15) is 0 Å². The van der Waals surface area contributed by atoms with Crippen LogP contribution in [0.1, 0.15) is 78.6 Å². The van der Waals surface area contributed by atoms with Crippen LogP contribution < -0.4 is 0 Å². The Kier molecular flexibility index (Phi) is 12.0. The summed E-state index contributed by atoms with van der Waals surface area (Å²) in [7, 11) is 6.60. The van der Waals surface area contributed by atoms with Crippen LogP contribution in [0.4, 0.5) is 0 Å². The molecule has 4 aliphatic carbocycles. The van der Waals surface area contributed by atoms with Crippen molar-refractivity contribution in [1.29, 1.82) is 0 Å².